The maximum Gasteiger partial charge on any atom is 0.416 e. The lowest BCUT2D eigenvalue weighted by atomic mass is 10.1. The topological polar surface area (TPSA) is 13.1 Å². The molecule has 0 unspecified atom stereocenters. The van der Waals surface area contributed by atoms with Crippen molar-refractivity contribution in [3.8, 4) is 11.3 Å². The molecule has 0 saturated heterocycles. The number of rotatable bonds is 1. The van der Waals surface area contributed by atoms with Crippen molar-refractivity contribution in [1.29, 1.82) is 0 Å². The Morgan fingerprint density at radius 1 is 0.950 bits per heavy atom. The highest BCUT2D eigenvalue weighted by Crippen LogP contribution is 2.37. The number of furan rings is 1. The van der Waals surface area contributed by atoms with Crippen LogP contribution in [0.3, 0.4) is 0 Å². The van der Waals surface area contributed by atoms with E-state index in [1.807, 2.05) is 18.2 Å². The van der Waals surface area contributed by atoms with Crippen molar-refractivity contribution in [2.45, 2.75) is 6.18 Å². The first-order chi connectivity index (χ1) is 9.47. The van der Waals surface area contributed by atoms with Crippen LogP contribution in [0.15, 0.2) is 52.9 Å². The van der Waals surface area contributed by atoms with Crippen LogP contribution in [0.1, 0.15) is 5.56 Å². The molecule has 0 aliphatic heterocycles. The van der Waals surface area contributed by atoms with E-state index < -0.39 is 11.7 Å². The number of hydrogen-bond donors (Lipinski definition) is 0. The van der Waals surface area contributed by atoms with E-state index in [1.54, 1.807) is 12.1 Å². The third-order valence-corrected chi connectivity index (χ3v) is 4.06. The summed E-state index contributed by atoms with van der Waals surface area (Å²) in [4.78, 5) is 0. The summed E-state index contributed by atoms with van der Waals surface area (Å²) >= 11 is 2.10. The lowest BCUT2D eigenvalue weighted by Crippen LogP contribution is -2.04. The molecule has 0 radical (unpaired) electrons. The van der Waals surface area contributed by atoms with Crippen LogP contribution in [0.5, 0.6) is 0 Å². The molecule has 1 heterocycles. The van der Waals surface area contributed by atoms with Gasteiger partial charge in [0, 0.05) is 10.9 Å². The van der Waals surface area contributed by atoms with Gasteiger partial charge in [0.25, 0.3) is 0 Å². The van der Waals surface area contributed by atoms with Gasteiger partial charge in [-0.25, -0.2) is 0 Å². The van der Waals surface area contributed by atoms with E-state index in [-0.39, 0.29) is 0 Å². The monoisotopic (exact) mass is 388 g/mol. The molecular weight excluding hydrogens is 380 g/mol. The van der Waals surface area contributed by atoms with Crippen LogP contribution in [0.2, 0.25) is 0 Å². The molecule has 0 aliphatic carbocycles. The lowest BCUT2D eigenvalue weighted by molar-refractivity contribution is -0.137. The fourth-order valence-electron chi connectivity index (χ4n) is 2.04. The second kappa shape index (κ2) is 4.80. The second-order valence-electron chi connectivity index (χ2n) is 4.32. The van der Waals surface area contributed by atoms with Crippen LogP contribution in [-0.4, -0.2) is 0 Å². The van der Waals surface area contributed by atoms with E-state index >= 15 is 0 Å². The van der Waals surface area contributed by atoms with Gasteiger partial charge in [-0.15, -0.1) is 0 Å². The highest BCUT2D eigenvalue weighted by Gasteiger charge is 2.30. The van der Waals surface area contributed by atoms with Crippen molar-refractivity contribution in [3.05, 3.63) is 57.7 Å². The Kier molecular flexibility index (Phi) is 3.24. The highest BCUT2D eigenvalue weighted by atomic mass is 127. The Balaban J connectivity index is 2.18. The van der Waals surface area contributed by atoms with Gasteiger partial charge in [-0.1, -0.05) is 30.3 Å². The normalized spacial score (nSPS) is 12.0. The zero-order valence-electron chi connectivity index (χ0n) is 10.0. The minimum atomic E-state index is -4.35. The Labute approximate surface area is 126 Å². The van der Waals surface area contributed by atoms with Crippen molar-refractivity contribution in [1.82, 2.24) is 0 Å². The Morgan fingerprint density at radius 3 is 2.40 bits per heavy atom. The first-order valence-electron chi connectivity index (χ1n) is 5.81. The van der Waals surface area contributed by atoms with Crippen molar-refractivity contribution in [3.63, 3.8) is 0 Å². The summed E-state index contributed by atoms with van der Waals surface area (Å²) in [7, 11) is 0. The molecule has 0 amide bonds. The third-order valence-electron chi connectivity index (χ3n) is 2.99. The van der Waals surface area contributed by atoms with E-state index in [2.05, 4.69) is 22.6 Å². The van der Waals surface area contributed by atoms with Gasteiger partial charge in [0.2, 0.25) is 0 Å². The van der Waals surface area contributed by atoms with Crippen LogP contribution in [0, 0.1) is 3.57 Å². The summed E-state index contributed by atoms with van der Waals surface area (Å²) in [6.45, 7) is 0. The molecule has 1 aromatic heterocycles. The predicted octanol–water partition coefficient (Wildman–Crippen LogP) is 5.72. The quantitative estimate of drug-likeness (QED) is 0.486. The molecule has 102 valence electrons. The number of benzene rings is 2. The standard InChI is InChI=1S/C15H8F3IO/c16-15(17,18)10-5-3-4-9(8-10)14-13(19)11-6-1-2-7-12(11)20-14/h1-8H. The highest BCUT2D eigenvalue weighted by molar-refractivity contribution is 14.1. The molecule has 0 bridgehead atoms. The van der Waals surface area contributed by atoms with Crippen molar-refractivity contribution >= 4 is 33.6 Å². The van der Waals surface area contributed by atoms with Gasteiger partial charge < -0.3 is 4.42 Å². The maximum absolute atomic E-state index is 12.8. The van der Waals surface area contributed by atoms with Crippen molar-refractivity contribution in [2.24, 2.45) is 0 Å². The number of hydrogen-bond acceptors (Lipinski definition) is 1. The van der Waals surface area contributed by atoms with Gasteiger partial charge in [0.15, 0.2) is 0 Å². The number of alkyl halides is 3. The van der Waals surface area contributed by atoms with E-state index in [0.717, 1.165) is 21.1 Å². The lowest BCUT2D eigenvalue weighted by Gasteiger charge is -2.07. The summed E-state index contributed by atoms with van der Waals surface area (Å²) < 4.78 is 44.8. The number of para-hydroxylation sites is 1. The summed E-state index contributed by atoms with van der Waals surface area (Å²) in [6.07, 6.45) is -4.35. The van der Waals surface area contributed by atoms with Crippen LogP contribution in [0.4, 0.5) is 13.2 Å². The first-order valence-corrected chi connectivity index (χ1v) is 6.89. The molecule has 0 saturated carbocycles. The Bertz CT molecular complexity index is 774. The third kappa shape index (κ3) is 2.30. The van der Waals surface area contributed by atoms with Gasteiger partial charge in [-0.05, 0) is 40.8 Å². The molecule has 3 rings (SSSR count). The molecular formula is C15H8F3IO. The summed E-state index contributed by atoms with van der Waals surface area (Å²) in [6, 6.07) is 12.6. The van der Waals surface area contributed by atoms with Crippen molar-refractivity contribution in [2.75, 3.05) is 0 Å². The van der Waals surface area contributed by atoms with Crippen LogP contribution < -0.4 is 0 Å². The number of halogens is 4. The molecule has 2 aromatic carbocycles. The van der Waals surface area contributed by atoms with Gasteiger partial charge in [-0.3, -0.25) is 0 Å². The number of fused-ring (bicyclic) bond motifs is 1. The molecule has 1 nitrogen and oxygen atoms in total. The molecule has 0 spiro atoms. The minimum absolute atomic E-state index is 0.431. The molecule has 5 heteroatoms. The van der Waals surface area contributed by atoms with Gasteiger partial charge in [0.05, 0.1) is 9.13 Å². The minimum Gasteiger partial charge on any atom is -0.455 e. The molecule has 0 atom stereocenters. The predicted molar refractivity (Wildman–Crippen MR) is 79.4 cm³/mol. The van der Waals surface area contributed by atoms with Crippen LogP contribution in [-0.2, 0) is 6.18 Å². The van der Waals surface area contributed by atoms with Crippen molar-refractivity contribution < 1.29 is 17.6 Å². The fraction of sp³-hybridized carbons (Fsp3) is 0.0667. The van der Waals surface area contributed by atoms with E-state index in [1.165, 1.54) is 6.07 Å². The summed E-state index contributed by atoms with van der Waals surface area (Å²) in [5.74, 6) is 0.470. The molecule has 0 aliphatic rings. The van der Waals surface area contributed by atoms with Crippen LogP contribution in [0.25, 0.3) is 22.3 Å². The fourth-order valence-corrected chi connectivity index (χ4v) is 2.90. The van der Waals surface area contributed by atoms with E-state index in [0.29, 0.717) is 16.9 Å². The summed E-state index contributed by atoms with van der Waals surface area (Å²) in [5, 5.41) is 0.903. The Hall–Kier alpha value is -1.50. The second-order valence-corrected chi connectivity index (χ2v) is 5.40. The van der Waals surface area contributed by atoms with Gasteiger partial charge in [-0.2, -0.15) is 13.2 Å². The average molecular weight is 388 g/mol. The molecule has 20 heavy (non-hydrogen) atoms. The van der Waals surface area contributed by atoms with E-state index in [9.17, 15) is 13.2 Å². The smallest absolute Gasteiger partial charge is 0.416 e. The zero-order valence-corrected chi connectivity index (χ0v) is 12.2. The van der Waals surface area contributed by atoms with E-state index in [4.69, 9.17) is 4.42 Å². The average Bonchev–Trinajstić information content (AvgIpc) is 2.76. The molecule has 3 aromatic rings. The summed E-state index contributed by atoms with van der Waals surface area (Å²) in [5.41, 5.74) is 0.427. The van der Waals surface area contributed by atoms with Crippen LogP contribution >= 0.6 is 22.6 Å². The maximum atomic E-state index is 12.8. The molecule has 0 N–H and O–H groups in total. The first kappa shape index (κ1) is 13.5. The SMILES string of the molecule is FC(F)(F)c1cccc(-c2oc3ccccc3c2I)c1. The largest absolute Gasteiger partial charge is 0.455 e. The zero-order chi connectivity index (χ0) is 14.3. The Morgan fingerprint density at radius 2 is 1.70 bits per heavy atom. The molecule has 0 fully saturated rings. The van der Waals surface area contributed by atoms with Gasteiger partial charge in [0.1, 0.15) is 11.3 Å². The van der Waals surface area contributed by atoms with Gasteiger partial charge >= 0.3 is 6.18 Å².